The van der Waals surface area contributed by atoms with Crippen molar-refractivity contribution in [3.8, 4) is 5.75 Å². The first-order chi connectivity index (χ1) is 13.9. The SMILES string of the molecule is COc1ccc(COC(=O)NNC(C)=CC(=O)Nc2ccc(C(C)C)cc2)cc1. The molecule has 0 spiro atoms. The first kappa shape index (κ1) is 21.8. The van der Waals surface area contributed by atoms with Gasteiger partial charge in [0.15, 0.2) is 0 Å². The van der Waals surface area contributed by atoms with E-state index in [9.17, 15) is 9.59 Å². The minimum atomic E-state index is -0.654. The summed E-state index contributed by atoms with van der Waals surface area (Å²) in [6.45, 7) is 6.00. The summed E-state index contributed by atoms with van der Waals surface area (Å²) in [5.41, 5.74) is 8.21. The number of hydrogen-bond donors (Lipinski definition) is 3. The normalized spacial score (nSPS) is 11.0. The van der Waals surface area contributed by atoms with Crippen LogP contribution in [0.4, 0.5) is 10.5 Å². The molecule has 29 heavy (non-hydrogen) atoms. The average molecular weight is 397 g/mol. The van der Waals surface area contributed by atoms with Gasteiger partial charge in [-0.3, -0.25) is 4.79 Å². The molecule has 0 radical (unpaired) electrons. The first-order valence-corrected chi connectivity index (χ1v) is 9.28. The molecule has 0 saturated carbocycles. The van der Waals surface area contributed by atoms with Gasteiger partial charge in [-0.1, -0.05) is 38.1 Å². The van der Waals surface area contributed by atoms with Crippen LogP contribution in [0.15, 0.2) is 60.3 Å². The van der Waals surface area contributed by atoms with Crippen LogP contribution < -0.4 is 20.9 Å². The van der Waals surface area contributed by atoms with Gasteiger partial charge in [0.1, 0.15) is 12.4 Å². The lowest BCUT2D eigenvalue weighted by atomic mass is 10.0. The van der Waals surface area contributed by atoms with Crippen molar-refractivity contribution in [2.45, 2.75) is 33.3 Å². The van der Waals surface area contributed by atoms with E-state index in [0.717, 1.165) is 11.3 Å². The van der Waals surface area contributed by atoms with Gasteiger partial charge in [0, 0.05) is 17.5 Å². The van der Waals surface area contributed by atoms with Gasteiger partial charge in [0.25, 0.3) is 0 Å². The summed E-state index contributed by atoms with van der Waals surface area (Å²) < 4.78 is 10.2. The monoisotopic (exact) mass is 397 g/mol. The second-order valence-electron chi connectivity index (χ2n) is 6.77. The highest BCUT2D eigenvalue weighted by Crippen LogP contribution is 2.17. The van der Waals surface area contributed by atoms with Crippen LogP contribution in [0.2, 0.25) is 0 Å². The molecule has 0 fully saturated rings. The highest BCUT2D eigenvalue weighted by Gasteiger charge is 2.05. The van der Waals surface area contributed by atoms with Crippen molar-refractivity contribution < 1.29 is 19.1 Å². The van der Waals surface area contributed by atoms with Crippen LogP contribution in [-0.4, -0.2) is 19.1 Å². The summed E-state index contributed by atoms with van der Waals surface area (Å²) in [5.74, 6) is 0.858. The number of nitrogens with one attached hydrogen (secondary N) is 3. The topological polar surface area (TPSA) is 88.7 Å². The summed E-state index contributed by atoms with van der Waals surface area (Å²) in [6, 6.07) is 14.9. The smallest absolute Gasteiger partial charge is 0.426 e. The number of rotatable bonds is 8. The van der Waals surface area contributed by atoms with Crippen LogP contribution in [0.1, 0.15) is 37.8 Å². The Morgan fingerprint density at radius 3 is 2.24 bits per heavy atom. The number of benzene rings is 2. The summed E-state index contributed by atoms with van der Waals surface area (Å²) in [6.07, 6.45) is 0.693. The zero-order chi connectivity index (χ0) is 21.2. The Balaban J connectivity index is 1.74. The number of carbonyl (C=O) groups excluding carboxylic acids is 2. The molecule has 154 valence electrons. The number of hydrazine groups is 1. The second-order valence-corrected chi connectivity index (χ2v) is 6.77. The summed E-state index contributed by atoms with van der Waals surface area (Å²) in [4.78, 5) is 23.8. The fourth-order valence-electron chi connectivity index (χ4n) is 2.42. The van der Waals surface area contributed by atoms with E-state index < -0.39 is 6.09 Å². The van der Waals surface area contributed by atoms with Gasteiger partial charge in [-0.25, -0.2) is 10.2 Å². The second kappa shape index (κ2) is 10.8. The summed E-state index contributed by atoms with van der Waals surface area (Å²) in [7, 11) is 1.59. The molecular formula is C22H27N3O4. The number of carbonyl (C=O) groups is 2. The van der Waals surface area contributed by atoms with Crippen LogP contribution in [0.5, 0.6) is 5.75 Å². The lowest BCUT2D eigenvalue weighted by Gasteiger charge is -2.10. The Labute approximate surface area is 171 Å². The average Bonchev–Trinajstić information content (AvgIpc) is 2.71. The Morgan fingerprint density at radius 1 is 1.00 bits per heavy atom. The van der Waals surface area contributed by atoms with Gasteiger partial charge in [-0.15, -0.1) is 0 Å². The van der Waals surface area contributed by atoms with Crippen molar-refractivity contribution in [2.24, 2.45) is 0 Å². The molecule has 0 aromatic heterocycles. The molecule has 0 saturated heterocycles. The van der Waals surface area contributed by atoms with E-state index in [4.69, 9.17) is 9.47 Å². The van der Waals surface area contributed by atoms with Crippen LogP contribution in [-0.2, 0) is 16.1 Å². The lowest BCUT2D eigenvalue weighted by molar-refractivity contribution is -0.112. The molecule has 0 unspecified atom stereocenters. The fraction of sp³-hybridized carbons (Fsp3) is 0.273. The predicted octanol–water partition coefficient (Wildman–Crippen LogP) is 4.09. The Bertz CT molecular complexity index is 843. The van der Waals surface area contributed by atoms with Crippen molar-refractivity contribution in [3.63, 3.8) is 0 Å². The number of allylic oxidation sites excluding steroid dienone is 1. The third-order valence-electron chi connectivity index (χ3n) is 4.08. The van der Waals surface area contributed by atoms with E-state index >= 15 is 0 Å². The zero-order valence-corrected chi connectivity index (χ0v) is 17.1. The van der Waals surface area contributed by atoms with Gasteiger partial charge in [-0.2, -0.15) is 0 Å². The number of hydrogen-bond acceptors (Lipinski definition) is 5. The molecule has 7 nitrogen and oxygen atoms in total. The largest absolute Gasteiger partial charge is 0.497 e. The quantitative estimate of drug-likeness (QED) is 0.461. The van der Waals surface area contributed by atoms with Crippen LogP contribution >= 0.6 is 0 Å². The molecule has 0 aliphatic rings. The molecule has 0 atom stereocenters. The molecule has 2 amide bonds. The molecule has 0 aliphatic heterocycles. The highest BCUT2D eigenvalue weighted by atomic mass is 16.6. The number of ether oxygens (including phenoxy) is 2. The van der Waals surface area contributed by atoms with Crippen molar-refractivity contribution in [3.05, 3.63) is 71.4 Å². The molecule has 2 aromatic carbocycles. The fourth-order valence-corrected chi connectivity index (χ4v) is 2.42. The molecule has 7 heteroatoms. The lowest BCUT2D eigenvalue weighted by Crippen LogP contribution is -2.36. The van der Waals surface area contributed by atoms with E-state index in [-0.39, 0.29) is 12.5 Å². The van der Waals surface area contributed by atoms with E-state index in [1.54, 1.807) is 26.2 Å². The van der Waals surface area contributed by atoms with E-state index in [2.05, 4.69) is 30.0 Å². The van der Waals surface area contributed by atoms with E-state index in [1.165, 1.54) is 11.6 Å². The minimum Gasteiger partial charge on any atom is -0.497 e. The van der Waals surface area contributed by atoms with Crippen molar-refractivity contribution in [2.75, 3.05) is 12.4 Å². The third kappa shape index (κ3) is 7.57. The van der Waals surface area contributed by atoms with Crippen molar-refractivity contribution in [1.82, 2.24) is 10.9 Å². The molecular weight excluding hydrogens is 370 g/mol. The van der Waals surface area contributed by atoms with Crippen LogP contribution in [0, 0.1) is 0 Å². The van der Waals surface area contributed by atoms with Crippen molar-refractivity contribution in [1.29, 1.82) is 0 Å². The maximum Gasteiger partial charge on any atom is 0.426 e. The molecule has 2 aromatic rings. The standard InChI is InChI=1S/C22H27N3O4/c1-15(2)18-7-9-19(10-8-18)23-21(26)13-16(3)24-25-22(27)29-14-17-5-11-20(28-4)12-6-17/h5-13,15,24H,14H2,1-4H3,(H,23,26)(H,25,27). The van der Waals surface area contributed by atoms with E-state index in [0.29, 0.717) is 17.3 Å². The van der Waals surface area contributed by atoms with Gasteiger partial charge in [-0.05, 0) is 48.2 Å². The number of methoxy groups -OCH3 is 1. The van der Waals surface area contributed by atoms with Crippen molar-refractivity contribution >= 4 is 17.7 Å². The summed E-state index contributed by atoms with van der Waals surface area (Å²) >= 11 is 0. The molecule has 0 heterocycles. The molecule has 0 bridgehead atoms. The minimum absolute atomic E-state index is 0.118. The number of anilines is 1. The molecule has 2 rings (SSSR count). The predicted molar refractivity (Wildman–Crippen MR) is 112 cm³/mol. The Morgan fingerprint density at radius 2 is 1.66 bits per heavy atom. The van der Waals surface area contributed by atoms with Crippen LogP contribution in [0.3, 0.4) is 0 Å². The Kier molecular flexibility index (Phi) is 8.09. The van der Waals surface area contributed by atoms with Crippen LogP contribution in [0.25, 0.3) is 0 Å². The van der Waals surface area contributed by atoms with Gasteiger partial charge >= 0.3 is 6.09 Å². The maximum atomic E-state index is 12.1. The first-order valence-electron chi connectivity index (χ1n) is 9.28. The number of amides is 2. The molecule has 3 N–H and O–H groups in total. The van der Waals surface area contributed by atoms with Gasteiger partial charge in [0.2, 0.25) is 5.91 Å². The molecule has 0 aliphatic carbocycles. The summed E-state index contributed by atoms with van der Waals surface area (Å²) in [5, 5.41) is 2.77. The maximum absolute atomic E-state index is 12.1. The zero-order valence-electron chi connectivity index (χ0n) is 17.1. The van der Waals surface area contributed by atoms with Gasteiger partial charge < -0.3 is 20.2 Å². The Hall–Kier alpha value is -3.48. The highest BCUT2D eigenvalue weighted by molar-refractivity contribution is 5.99. The van der Waals surface area contributed by atoms with Gasteiger partial charge in [0.05, 0.1) is 7.11 Å². The third-order valence-corrected chi connectivity index (χ3v) is 4.08. The van der Waals surface area contributed by atoms with E-state index in [1.807, 2.05) is 36.4 Å².